The van der Waals surface area contributed by atoms with Crippen molar-refractivity contribution in [3.8, 4) is 0 Å². The largest absolute Gasteiger partial charge is 0.460 e. The number of carbonyl (C=O) groups is 1. The lowest BCUT2D eigenvalue weighted by Gasteiger charge is -2.11. The van der Waals surface area contributed by atoms with E-state index in [2.05, 4.69) is 11.3 Å². The molecule has 2 N–H and O–H groups in total. The van der Waals surface area contributed by atoms with Crippen LogP contribution in [0.1, 0.15) is 12.8 Å². The predicted octanol–water partition coefficient (Wildman–Crippen LogP) is 1.39. The van der Waals surface area contributed by atoms with E-state index in [9.17, 15) is 18.0 Å². The zero-order valence-electron chi connectivity index (χ0n) is 7.51. The Balaban J connectivity index is 3.78. The molecular formula is C8H12F3NO2. The molecule has 3 nitrogen and oxygen atoms in total. The van der Waals surface area contributed by atoms with E-state index >= 15 is 0 Å². The molecule has 0 amide bonds. The smallest absolute Gasteiger partial charge is 0.389 e. The molecular weight excluding hydrogens is 199 g/mol. The van der Waals surface area contributed by atoms with Gasteiger partial charge in [-0.1, -0.05) is 12.7 Å². The van der Waals surface area contributed by atoms with E-state index in [0.29, 0.717) is 0 Å². The van der Waals surface area contributed by atoms with E-state index in [1.165, 1.54) is 6.08 Å². The number of halogens is 3. The molecule has 0 fully saturated rings. The van der Waals surface area contributed by atoms with Gasteiger partial charge in [-0.25, -0.2) is 0 Å². The molecule has 0 unspecified atom stereocenters. The molecule has 14 heavy (non-hydrogen) atoms. The average molecular weight is 211 g/mol. The summed E-state index contributed by atoms with van der Waals surface area (Å²) >= 11 is 0. The van der Waals surface area contributed by atoms with Gasteiger partial charge in [0, 0.05) is 6.42 Å². The summed E-state index contributed by atoms with van der Waals surface area (Å²) in [7, 11) is 0. The first-order chi connectivity index (χ1) is 6.37. The van der Waals surface area contributed by atoms with Crippen LogP contribution in [0.3, 0.4) is 0 Å². The Kier molecular flexibility index (Phi) is 5.22. The number of alkyl halides is 3. The van der Waals surface area contributed by atoms with Gasteiger partial charge in [-0.3, -0.25) is 4.79 Å². The van der Waals surface area contributed by atoms with Crippen molar-refractivity contribution in [2.75, 3.05) is 6.61 Å². The van der Waals surface area contributed by atoms with Crippen LogP contribution >= 0.6 is 0 Å². The Morgan fingerprint density at radius 2 is 2.14 bits per heavy atom. The summed E-state index contributed by atoms with van der Waals surface area (Å²) in [5, 5.41) is 0. The summed E-state index contributed by atoms with van der Waals surface area (Å²) < 4.78 is 39.6. The first-order valence-electron chi connectivity index (χ1n) is 3.96. The Morgan fingerprint density at radius 3 is 2.57 bits per heavy atom. The fourth-order valence-corrected chi connectivity index (χ4v) is 0.685. The van der Waals surface area contributed by atoms with Crippen LogP contribution in [0.2, 0.25) is 0 Å². The van der Waals surface area contributed by atoms with Gasteiger partial charge in [-0.2, -0.15) is 13.2 Å². The molecule has 0 heterocycles. The SMILES string of the molecule is C=CCOC(=O)[C@@H](N)CCC(F)(F)F. The normalized spacial score (nSPS) is 13.4. The van der Waals surface area contributed by atoms with Crippen molar-refractivity contribution in [3.05, 3.63) is 12.7 Å². The average Bonchev–Trinajstić information content (AvgIpc) is 2.09. The number of ether oxygens (including phenoxy) is 1. The Bertz CT molecular complexity index is 203. The van der Waals surface area contributed by atoms with Crippen LogP contribution in [0.4, 0.5) is 13.2 Å². The molecule has 0 aromatic carbocycles. The Labute approximate surface area is 79.7 Å². The summed E-state index contributed by atoms with van der Waals surface area (Å²) in [4.78, 5) is 10.9. The van der Waals surface area contributed by atoms with Crippen molar-refractivity contribution in [2.24, 2.45) is 5.73 Å². The Hall–Kier alpha value is -1.04. The standard InChI is InChI=1S/C8H12F3NO2/c1-2-5-14-7(13)6(12)3-4-8(9,10)11/h2,6H,1,3-5,12H2/t6-/m0/s1. The van der Waals surface area contributed by atoms with Crippen LogP contribution in [-0.2, 0) is 9.53 Å². The first-order valence-corrected chi connectivity index (χ1v) is 3.96. The van der Waals surface area contributed by atoms with Gasteiger partial charge in [0.1, 0.15) is 12.6 Å². The van der Waals surface area contributed by atoms with Crippen molar-refractivity contribution < 1.29 is 22.7 Å². The lowest BCUT2D eigenvalue weighted by molar-refractivity contribution is -0.148. The third-order valence-electron chi connectivity index (χ3n) is 1.39. The second kappa shape index (κ2) is 5.64. The van der Waals surface area contributed by atoms with E-state index in [-0.39, 0.29) is 6.61 Å². The summed E-state index contributed by atoms with van der Waals surface area (Å²) in [5.74, 6) is -0.839. The van der Waals surface area contributed by atoms with Crippen molar-refractivity contribution in [2.45, 2.75) is 25.1 Å². The lowest BCUT2D eigenvalue weighted by Crippen LogP contribution is -2.33. The first kappa shape index (κ1) is 13.0. The zero-order chi connectivity index (χ0) is 11.2. The highest BCUT2D eigenvalue weighted by Crippen LogP contribution is 2.21. The minimum absolute atomic E-state index is 0.0431. The van der Waals surface area contributed by atoms with Crippen molar-refractivity contribution >= 4 is 5.97 Å². The maximum atomic E-state index is 11.7. The van der Waals surface area contributed by atoms with Crippen molar-refractivity contribution in [3.63, 3.8) is 0 Å². The topological polar surface area (TPSA) is 52.3 Å². The molecule has 0 spiro atoms. The Morgan fingerprint density at radius 1 is 1.57 bits per heavy atom. The molecule has 6 heteroatoms. The van der Waals surface area contributed by atoms with Crippen LogP contribution in [-0.4, -0.2) is 24.8 Å². The van der Waals surface area contributed by atoms with Gasteiger partial charge in [0.25, 0.3) is 0 Å². The molecule has 0 aliphatic heterocycles. The second-order valence-corrected chi connectivity index (χ2v) is 2.68. The van der Waals surface area contributed by atoms with Crippen LogP contribution < -0.4 is 5.73 Å². The molecule has 0 aliphatic carbocycles. The molecule has 1 atom stereocenters. The van der Waals surface area contributed by atoms with E-state index in [4.69, 9.17) is 5.73 Å². The molecule has 0 saturated carbocycles. The molecule has 82 valence electrons. The highest BCUT2D eigenvalue weighted by atomic mass is 19.4. The maximum Gasteiger partial charge on any atom is 0.389 e. The van der Waals surface area contributed by atoms with Gasteiger partial charge in [0.15, 0.2) is 0 Å². The molecule has 0 aromatic rings. The van der Waals surface area contributed by atoms with Gasteiger partial charge < -0.3 is 10.5 Å². The van der Waals surface area contributed by atoms with E-state index in [1.807, 2.05) is 0 Å². The highest BCUT2D eigenvalue weighted by Gasteiger charge is 2.29. The van der Waals surface area contributed by atoms with Crippen molar-refractivity contribution in [1.82, 2.24) is 0 Å². The molecule has 0 bridgehead atoms. The van der Waals surface area contributed by atoms with Crippen molar-refractivity contribution in [1.29, 1.82) is 0 Å². The summed E-state index contributed by atoms with van der Waals surface area (Å²) in [6.07, 6.45) is -4.53. The number of carbonyl (C=O) groups excluding carboxylic acids is 1. The minimum Gasteiger partial charge on any atom is -0.460 e. The van der Waals surface area contributed by atoms with E-state index < -0.39 is 31.0 Å². The summed E-state index contributed by atoms with van der Waals surface area (Å²) in [6, 6.07) is -1.23. The quantitative estimate of drug-likeness (QED) is 0.552. The van der Waals surface area contributed by atoms with E-state index in [0.717, 1.165) is 0 Å². The molecule has 0 saturated heterocycles. The van der Waals surface area contributed by atoms with Gasteiger partial charge in [0.05, 0.1) is 0 Å². The van der Waals surface area contributed by atoms with E-state index in [1.54, 1.807) is 0 Å². The number of esters is 1. The fourth-order valence-electron chi connectivity index (χ4n) is 0.685. The number of hydrogen-bond donors (Lipinski definition) is 1. The number of hydrogen-bond acceptors (Lipinski definition) is 3. The predicted molar refractivity (Wildman–Crippen MR) is 44.4 cm³/mol. The van der Waals surface area contributed by atoms with Gasteiger partial charge in [0.2, 0.25) is 0 Å². The lowest BCUT2D eigenvalue weighted by atomic mass is 10.2. The third kappa shape index (κ3) is 6.47. The fraction of sp³-hybridized carbons (Fsp3) is 0.625. The van der Waals surface area contributed by atoms with Crippen LogP contribution in [0.5, 0.6) is 0 Å². The summed E-state index contributed by atoms with van der Waals surface area (Å²) in [5.41, 5.74) is 5.16. The maximum absolute atomic E-state index is 11.7. The van der Waals surface area contributed by atoms with Gasteiger partial charge in [-0.05, 0) is 6.42 Å². The van der Waals surface area contributed by atoms with Crippen LogP contribution in [0, 0.1) is 0 Å². The van der Waals surface area contributed by atoms with Crippen LogP contribution in [0.15, 0.2) is 12.7 Å². The van der Waals surface area contributed by atoms with Crippen LogP contribution in [0.25, 0.3) is 0 Å². The molecule has 0 aliphatic rings. The third-order valence-corrected chi connectivity index (χ3v) is 1.39. The molecule has 0 rings (SSSR count). The highest BCUT2D eigenvalue weighted by molar-refractivity contribution is 5.75. The number of nitrogens with two attached hydrogens (primary N) is 1. The zero-order valence-corrected chi connectivity index (χ0v) is 7.51. The molecule has 0 aromatic heterocycles. The molecule has 0 radical (unpaired) electrons. The van der Waals surface area contributed by atoms with Gasteiger partial charge >= 0.3 is 12.1 Å². The second-order valence-electron chi connectivity index (χ2n) is 2.68. The number of rotatable bonds is 5. The van der Waals surface area contributed by atoms with Gasteiger partial charge in [-0.15, -0.1) is 0 Å². The summed E-state index contributed by atoms with van der Waals surface area (Å²) in [6.45, 7) is 3.24. The minimum atomic E-state index is -4.30. The monoisotopic (exact) mass is 211 g/mol.